The second-order valence-corrected chi connectivity index (χ2v) is 6.48. The Morgan fingerprint density at radius 2 is 1.78 bits per heavy atom. The quantitative estimate of drug-likeness (QED) is 0.706. The molecule has 0 radical (unpaired) electrons. The Morgan fingerprint density at radius 1 is 1.04 bits per heavy atom. The molecule has 4 heteroatoms. The molecule has 132 valence electrons. The van der Waals surface area contributed by atoms with E-state index >= 15 is 0 Å². The summed E-state index contributed by atoms with van der Waals surface area (Å²) in [7, 11) is 0. The first-order valence-corrected chi connectivity index (χ1v) is 8.79. The van der Waals surface area contributed by atoms with Crippen LogP contribution in [0, 0.1) is 0 Å². The predicted octanol–water partition coefficient (Wildman–Crippen LogP) is 4.43. The van der Waals surface area contributed by atoms with E-state index in [-0.39, 0.29) is 5.91 Å². The van der Waals surface area contributed by atoms with Gasteiger partial charge in [0.2, 0.25) is 0 Å². The van der Waals surface area contributed by atoms with Gasteiger partial charge in [-0.05, 0) is 71.3 Å². The van der Waals surface area contributed by atoms with E-state index in [1.165, 1.54) is 0 Å². The molecule has 1 aromatic heterocycles. The summed E-state index contributed by atoms with van der Waals surface area (Å²) in [5.74, 6) is 0.000703. The number of carbonyl (C=O) groups excluding carboxylic acids is 1. The summed E-state index contributed by atoms with van der Waals surface area (Å²) in [6, 6.07) is 15.9. The molecule has 0 aliphatic carbocycles. The molecule has 1 amide bonds. The number of fused-ring (bicyclic) bond motifs is 1. The number of carbonyl (C=O) groups is 1. The third-order valence-corrected chi connectivity index (χ3v) is 4.88. The van der Waals surface area contributed by atoms with Crippen molar-refractivity contribution in [2.75, 3.05) is 6.54 Å². The molecule has 2 aromatic carbocycles. The van der Waals surface area contributed by atoms with Crippen LogP contribution in [0.4, 0.5) is 5.69 Å². The average Bonchev–Trinajstić information content (AvgIpc) is 2.73. The van der Waals surface area contributed by atoms with Gasteiger partial charge in [0, 0.05) is 30.1 Å². The van der Waals surface area contributed by atoms with Gasteiger partial charge < -0.3 is 5.32 Å². The number of hydrogen-bond donors (Lipinski definition) is 1. The van der Waals surface area contributed by atoms with E-state index in [0.29, 0.717) is 6.54 Å². The van der Waals surface area contributed by atoms with Crippen LogP contribution in [0.3, 0.4) is 0 Å². The minimum Gasteiger partial charge on any atom is -0.352 e. The summed E-state index contributed by atoms with van der Waals surface area (Å²) in [4.78, 5) is 20.2. The molecule has 1 aliphatic heterocycles. The topological polar surface area (TPSA) is 54.4 Å². The van der Waals surface area contributed by atoms with Gasteiger partial charge in [0.25, 0.3) is 5.91 Å². The van der Waals surface area contributed by atoms with Gasteiger partial charge >= 0.3 is 0 Å². The molecule has 0 fully saturated rings. The van der Waals surface area contributed by atoms with Crippen LogP contribution < -0.4 is 5.32 Å². The monoisotopic (exact) mass is 353 g/mol. The molecule has 2 heterocycles. The Morgan fingerprint density at radius 3 is 2.56 bits per heavy atom. The van der Waals surface area contributed by atoms with E-state index in [1.54, 1.807) is 12.4 Å². The Hall–Kier alpha value is -3.53. The highest BCUT2D eigenvalue weighted by Gasteiger charge is 2.17. The molecule has 0 unspecified atom stereocenters. The molecular weight excluding hydrogens is 334 g/mol. The molecule has 1 N–H and O–H groups in total. The fourth-order valence-electron chi connectivity index (χ4n) is 3.41. The van der Waals surface area contributed by atoms with Crippen LogP contribution in [-0.2, 0) is 6.42 Å². The van der Waals surface area contributed by atoms with E-state index in [2.05, 4.69) is 40.7 Å². The molecule has 3 aromatic rings. The first kappa shape index (κ1) is 16.9. The van der Waals surface area contributed by atoms with Crippen molar-refractivity contribution in [1.82, 2.24) is 10.3 Å². The summed E-state index contributed by atoms with van der Waals surface area (Å²) >= 11 is 0. The molecule has 4 rings (SSSR count). The van der Waals surface area contributed by atoms with Crippen LogP contribution in [0.15, 0.2) is 72.5 Å². The first-order chi connectivity index (χ1) is 13.2. The van der Waals surface area contributed by atoms with Crippen molar-refractivity contribution in [2.24, 2.45) is 4.99 Å². The van der Waals surface area contributed by atoms with Crippen molar-refractivity contribution in [1.29, 1.82) is 0 Å². The molecular formula is C23H19N3O. The highest BCUT2D eigenvalue weighted by molar-refractivity contribution is 5.97. The van der Waals surface area contributed by atoms with E-state index in [0.717, 1.165) is 51.1 Å². The molecule has 0 atom stereocenters. The highest BCUT2D eigenvalue weighted by Crippen LogP contribution is 2.34. The van der Waals surface area contributed by atoms with Crippen LogP contribution in [0.5, 0.6) is 0 Å². The second-order valence-electron chi connectivity index (χ2n) is 6.48. The SMILES string of the molecule is C=Nc1ccc(-c2ccc3c(c2)CCNC3=O)cc1C(=C)c1ccncc1. The standard InChI is InChI=1S/C23H19N3O/c1-15(16-7-10-25-11-8-16)21-14-18(4-6-22(21)24-2)17-3-5-20-19(13-17)9-12-26-23(20)27/h3-8,10-11,13-14H,1-2,9,12H2,(H,26,27). The van der Waals surface area contributed by atoms with Crippen LogP contribution in [-0.4, -0.2) is 24.2 Å². The molecule has 0 saturated carbocycles. The van der Waals surface area contributed by atoms with Crippen molar-refractivity contribution in [3.05, 3.63) is 89.8 Å². The van der Waals surface area contributed by atoms with Gasteiger partial charge in [-0.1, -0.05) is 24.8 Å². The highest BCUT2D eigenvalue weighted by atomic mass is 16.1. The third-order valence-electron chi connectivity index (χ3n) is 4.88. The number of benzene rings is 2. The maximum atomic E-state index is 12.0. The number of hydrogen-bond acceptors (Lipinski definition) is 3. The number of amides is 1. The van der Waals surface area contributed by atoms with E-state index in [1.807, 2.05) is 36.4 Å². The van der Waals surface area contributed by atoms with Crippen LogP contribution >= 0.6 is 0 Å². The first-order valence-electron chi connectivity index (χ1n) is 8.79. The number of aliphatic imine (C=N–C) groups is 1. The lowest BCUT2D eigenvalue weighted by molar-refractivity contribution is 0.0946. The third kappa shape index (κ3) is 3.17. The molecule has 0 spiro atoms. The van der Waals surface area contributed by atoms with Crippen molar-refractivity contribution in [2.45, 2.75) is 6.42 Å². The summed E-state index contributed by atoms with van der Waals surface area (Å²) in [5.41, 5.74) is 7.56. The van der Waals surface area contributed by atoms with E-state index < -0.39 is 0 Å². The van der Waals surface area contributed by atoms with Crippen LogP contribution in [0.1, 0.15) is 27.0 Å². The summed E-state index contributed by atoms with van der Waals surface area (Å²) in [6.07, 6.45) is 4.34. The van der Waals surface area contributed by atoms with Crippen LogP contribution in [0.25, 0.3) is 16.7 Å². The molecule has 4 nitrogen and oxygen atoms in total. The Bertz CT molecular complexity index is 1050. The Balaban J connectivity index is 1.78. The number of nitrogens with zero attached hydrogens (tertiary/aromatic N) is 2. The van der Waals surface area contributed by atoms with Crippen molar-refractivity contribution < 1.29 is 4.79 Å². The lowest BCUT2D eigenvalue weighted by Gasteiger charge is -2.18. The lowest BCUT2D eigenvalue weighted by Crippen LogP contribution is -2.31. The maximum absolute atomic E-state index is 12.0. The van der Waals surface area contributed by atoms with Gasteiger partial charge in [0.1, 0.15) is 0 Å². The number of nitrogens with one attached hydrogen (secondary N) is 1. The largest absolute Gasteiger partial charge is 0.352 e. The fraction of sp³-hybridized carbons (Fsp3) is 0.0870. The number of aromatic nitrogens is 1. The Kier molecular flexibility index (Phi) is 4.38. The normalized spacial score (nSPS) is 12.8. The van der Waals surface area contributed by atoms with Gasteiger partial charge in [-0.15, -0.1) is 0 Å². The minimum atomic E-state index is 0.000703. The molecule has 0 saturated heterocycles. The minimum absolute atomic E-state index is 0.000703. The summed E-state index contributed by atoms with van der Waals surface area (Å²) < 4.78 is 0. The van der Waals surface area contributed by atoms with Gasteiger partial charge in [0.05, 0.1) is 5.69 Å². The summed E-state index contributed by atoms with van der Waals surface area (Å²) in [5, 5.41) is 2.88. The number of pyridine rings is 1. The average molecular weight is 353 g/mol. The lowest BCUT2D eigenvalue weighted by atomic mass is 9.92. The number of rotatable bonds is 4. The smallest absolute Gasteiger partial charge is 0.251 e. The fourth-order valence-corrected chi connectivity index (χ4v) is 3.41. The van der Waals surface area contributed by atoms with Crippen molar-refractivity contribution >= 4 is 23.9 Å². The maximum Gasteiger partial charge on any atom is 0.251 e. The second kappa shape index (κ2) is 7.00. The van der Waals surface area contributed by atoms with Crippen molar-refractivity contribution in [3.8, 4) is 11.1 Å². The van der Waals surface area contributed by atoms with Gasteiger partial charge in [0.15, 0.2) is 0 Å². The van der Waals surface area contributed by atoms with Gasteiger partial charge in [-0.2, -0.15) is 0 Å². The molecule has 1 aliphatic rings. The van der Waals surface area contributed by atoms with Crippen molar-refractivity contribution in [3.63, 3.8) is 0 Å². The van der Waals surface area contributed by atoms with Gasteiger partial charge in [-0.3, -0.25) is 14.8 Å². The zero-order chi connectivity index (χ0) is 18.8. The van der Waals surface area contributed by atoms with Gasteiger partial charge in [-0.25, -0.2) is 0 Å². The van der Waals surface area contributed by atoms with Crippen LogP contribution in [0.2, 0.25) is 0 Å². The van der Waals surface area contributed by atoms with E-state index in [9.17, 15) is 4.79 Å². The Labute approximate surface area is 158 Å². The zero-order valence-corrected chi connectivity index (χ0v) is 14.9. The summed E-state index contributed by atoms with van der Waals surface area (Å²) in [6.45, 7) is 8.62. The van der Waals surface area contributed by atoms with E-state index in [4.69, 9.17) is 0 Å². The molecule has 27 heavy (non-hydrogen) atoms. The predicted molar refractivity (Wildman–Crippen MR) is 109 cm³/mol. The molecule has 0 bridgehead atoms. The zero-order valence-electron chi connectivity index (χ0n) is 14.9.